The predicted octanol–water partition coefficient (Wildman–Crippen LogP) is 2.86. The summed E-state index contributed by atoms with van der Waals surface area (Å²) in [5.74, 6) is 1.41. The fourth-order valence-corrected chi connectivity index (χ4v) is 3.92. The molecule has 1 atom stereocenters. The standard InChI is InChI=1S/C20H32N4O/c25-20(17-8-6-11-21-13-10-17)23-16-18-9-7-12-22-19(18)24-14-4-2-1-3-5-15-24/h7,9,12,17,21H,1-6,8,10-11,13-16H2,(H,23,25)/t17-/m0/s1. The van der Waals surface area contributed by atoms with Gasteiger partial charge in [0, 0.05) is 37.3 Å². The third kappa shape index (κ3) is 5.43. The number of pyridine rings is 1. The molecule has 0 unspecified atom stereocenters. The second kappa shape index (κ2) is 9.76. The van der Waals surface area contributed by atoms with Gasteiger partial charge in [-0.25, -0.2) is 4.98 Å². The van der Waals surface area contributed by atoms with Crippen LogP contribution in [0.4, 0.5) is 5.82 Å². The molecule has 2 aliphatic heterocycles. The number of hydrogen-bond donors (Lipinski definition) is 2. The maximum absolute atomic E-state index is 12.5. The van der Waals surface area contributed by atoms with Crippen LogP contribution in [0, 0.1) is 5.92 Å². The van der Waals surface area contributed by atoms with Crippen LogP contribution in [0.3, 0.4) is 0 Å². The highest BCUT2D eigenvalue weighted by molar-refractivity contribution is 5.78. The first kappa shape index (κ1) is 18.2. The molecule has 2 N–H and O–H groups in total. The molecule has 5 heteroatoms. The molecule has 2 fully saturated rings. The zero-order chi connectivity index (χ0) is 17.3. The molecule has 25 heavy (non-hydrogen) atoms. The summed E-state index contributed by atoms with van der Waals surface area (Å²) in [5.41, 5.74) is 1.14. The van der Waals surface area contributed by atoms with Crippen molar-refractivity contribution >= 4 is 11.7 Å². The Labute approximate surface area is 151 Å². The van der Waals surface area contributed by atoms with E-state index >= 15 is 0 Å². The monoisotopic (exact) mass is 344 g/mol. The van der Waals surface area contributed by atoms with E-state index in [0.29, 0.717) is 6.54 Å². The van der Waals surface area contributed by atoms with Crippen LogP contribution >= 0.6 is 0 Å². The highest BCUT2D eigenvalue weighted by Crippen LogP contribution is 2.21. The Balaban J connectivity index is 1.61. The second-order valence-electron chi connectivity index (χ2n) is 7.34. The van der Waals surface area contributed by atoms with Crippen molar-refractivity contribution in [2.24, 2.45) is 5.92 Å². The molecule has 1 aromatic rings. The molecule has 0 bridgehead atoms. The number of nitrogens with zero attached hydrogens (tertiary/aromatic N) is 2. The minimum absolute atomic E-state index is 0.150. The van der Waals surface area contributed by atoms with Gasteiger partial charge in [-0.1, -0.05) is 25.3 Å². The summed E-state index contributed by atoms with van der Waals surface area (Å²) in [6, 6.07) is 4.08. The Morgan fingerprint density at radius 2 is 1.92 bits per heavy atom. The average Bonchev–Trinajstić information content (AvgIpc) is 2.89. The van der Waals surface area contributed by atoms with Gasteiger partial charge in [0.05, 0.1) is 0 Å². The average molecular weight is 345 g/mol. The third-order valence-corrected chi connectivity index (χ3v) is 5.42. The van der Waals surface area contributed by atoms with Crippen molar-refractivity contribution in [2.75, 3.05) is 31.1 Å². The van der Waals surface area contributed by atoms with Gasteiger partial charge in [-0.15, -0.1) is 0 Å². The minimum Gasteiger partial charge on any atom is -0.356 e. The fraction of sp³-hybridized carbons (Fsp3) is 0.700. The molecule has 138 valence electrons. The molecule has 0 spiro atoms. The van der Waals surface area contributed by atoms with Crippen LogP contribution in [0.5, 0.6) is 0 Å². The Morgan fingerprint density at radius 1 is 1.12 bits per heavy atom. The van der Waals surface area contributed by atoms with E-state index in [-0.39, 0.29) is 11.8 Å². The van der Waals surface area contributed by atoms with E-state index in [2.05, 4.69) is 26.6 Å². The van der Waals surface area contributed by atoms with Crippen LogP contribution in [0.1, 0.15) is 56.9 Å². The highest BCUT2D eigenvalue weighted by atomic mass is 16.1. The van der Waals surface area contributed by atoms with E-state index in [1.807, 2.05) is 12.3 Å². The number of aromatic nitrogens is 1. The number of anilines is 1. The van der Waals surface area contributed by atoms with E-state index in [1.165, 1.54) is 32.1 Å². The van der Waals surface area contributed by atoms with Crippen molar-refractivity contribution in [3.63, 3.8) is 0 Å². The Morgan fingerprint density at radius 3 is 2.76 bits per heavy atom. The second-order valence-corrected chi connectivity index (χ2v) is 7.34. The fourth-order valence-electron chi connectivity index (χ4n) is 3.92. The zero-order valence-corrected chi connectivity index (χ0v) is 15.3. The predicted molar refractivity (Wildman–Crippen MR) is 102 cm³/mol. The maximum Gasteiger partial charge on any atom is 0.223 e. The van der Waals surface area contributed by atoms with Gasteiger partial charge >= 0.3 is 0 Å². The number of nitrogens with one attached hydrogen (secondary N) is 2. The quantitative estimate of drug-likeness (QED) is 0.882. The number of carbonyl (C=O) groups is 1. The number of hydrogen-bond acceptors (Lipinski definition) is 4. The molecule has 1 amide bonds. The summed E-state index contributed by atoms with van der Waals surface area (Å²) in [4.78, 5) is 19.6. The summed E-state index contributed by atoms with van der Waals surface area (Å²) < 4.78 is 0. The lowest BCUT2D eigenvalue weighted by Gasteiger charge is -2.27. The van der Waals surface area contributed by atoms with E-state index in [0.717, 1.165) is 56.8 Å². The molecule has 5 nitrogen and oxygen atoms in total. The normalized spacial score (nSPS) is 22.6. The van der Waals surface area contributed by atoms with Gasteiger partial charge in [0.25, 0.3) is 0 Å². The first-order valence-corrected chi connectivity index (χ1v) is 10.0. The van der Waals surface area contributed by atoms with Gasteiger partial charge in [-0.2, -0.15) is 0 Å². The SMILES string of the molecule is O=C(NCc1cccnc1N1CCCCCCC1)[C@H]1CCCNCC1. The molecular weight excluding hydrogens is 312 g/mol. The lowest BCUT2D eigenvalue weighted by Crippen LogP contribution is -2.33. The Hall–Kier alpha value is -1.62. The van der Waals surface area contributed by atoms with Crippen LogP contribution in [0.25, 0.3) is 0 Å². The van der Waals surface area contributed by atoms with Crippen LogP contribution < -0.4 is 15.5 Å². The Bertz CT molecular complexity index is 532. The van der Waals surface area contributed by atoms with Gasteiger partial charge in [0.1, 0.15) is 5.82 Å². The summed E-state index contributed by atoms with van der Waals surface area (Å²) in [5, 5.41) is 6.54. The van der Waals surface area contributed by atoms with E-state index in [1.54, 1.807) is 0 Å². The van der Waals surface area contributed by atoms with Crippen LogP contribution in [-0.2, 0) is 11.3 Å². The van der Waals surface area contributed by atoms with Gasteiger partial charge in [-0.3, -0.25) is 4.79 Å². The molecule has 2 aliphatic rings. The summed E-state index contributed by atoms with van der Waals surface area (Å²) in [7, 11) is 0. The molecule has 0 radical (unpaired) electrons. The van der Waals surface area contributed by atoms with Crippen molar-refractivity contribution in [3.05, 3.63) is 23.9 Å². The number of rotatable bonds is 4. The first-order valence-electron chi connectivity index (χ1n) is 10.0. The van der Waals surface area contributed by atoms with Crippen LogP contribution in [0.15, 0.2) is 18.3 Å². The molecule has 3 rings (SSSR count). The van der Waals surface area contributed by atoms with Gasteiger partial charge < -0.3 is 15.5 Å². The molecule has 0 saturated carbocycles. The van der Waals surface area contributed by atoms with Crippen molar-refractivity contribution in [3.8, 4) is 0 Å². The lowest BCUT2D eigenvalue weighted by molar-refractivity contribution is -0.125. The van der Waals surface area contributed by atoms with Gasteiger partial charge in [0.15, 0.2) is 0 Å². The topological polar surface area (TPSA) is 57.3 Å². The highest BCUT2D eigenvalue weighted by Gasteiger charge is 2.20. The summed E-state index contributed by atoms with van der Waals surface area (Å²) >= 11 is 0. The van der Waals surface area contributed by atoms with E-state index in [4.69, 9.17) is 0 Å². The third-order valence-electron chi connectivity index (χ3n) is 5.42. The van der Waals surface area contributed by atoms with E-state index < -0.39 is 0 Å². The molecule has 2 saturated heterocycles. The summed E-state index contributed by atoms with van der Waals surface area (Å²) in [6.45, 7) is 4.72. The molecule has 0 aliphatic carbocycles. The molecule has 0 aromatic carbocycles. The largest absolute Gasteiger partial charge is 0.356 e. The number of amides is 1. The zero-order valence-electron chi connectivity index (χ0n) is 15.3. The molecule has 3 heterocycles. The number of carbonyl (C=O) groups excluding carboxylic acids is 1. The molecular formula is C20H32N4O. The van der Waals surface area contributed by atoms with Crippen LogP contribution in [-0.4, -0.2) is 37.1 Å². The lowest BCUT2D eigenvalue weighted by atomic mass is 10.00. The van der Waals surface area contributed by atoms with Crippen LogP contribution in [0.2, 0.25) is 0 Å². The van der Waals surface area contributed by atoms with Crippen molar-refractivity contribution in [1.82, 2.24) is 15.6 Å². The maximum atomic E-state index is 12.5. The molecule has 1 aromatic heterocycles. The minimum atomic E-state index is 0.150. The van der Waals surface area contributed by atoms with Gasteiger partial charge in [0.2, 0.25) is 5.91 Å². The van der Waals surface area contributed by atoms with Crippen molar-refractivity contribution in [2.45, 2.75) is 57.9 Å². The first-order chi connectivity index (χ1) is 12.3. The van der Waals surface area contributed by atoms with Crippen molar-refractivity contribution in [1.29, 1.82) is 0 Å². The summed E-state index contributed by atoms with van der Waals surface area (Å²) in [6.07, 6.45) is 11.3. The smallest absolute Gasteiger partial charge is 0.223 e. The Kier molecular flexibility index (Phi) is 7.10. The van der Waals surface area contributed by atoms with E-state index in [9.17, 15) is 4.79 Å². The van der Waals surface area contributed by atoms with Gasteiger partial charge in [-0.05, 0) is 51.3 Å². The van der Waals surface area contributed by atoms with Crippen molar-refractivity contribution < 1.29 is 4.79 Å².